The second-order valence-corrected chi connectivity index (χ2v) is 6.77. The number of aromatic nitrogens is 2. The Labute approximate surface area is 138 Å². The number of piperidine rings is 1. The van der Waals surface area contributed by atoms with Crippen LogP contribution in [-0.4, -0.2) is 40.7 Å². The molecule has 0 aliphatic carbocycles. The van der Waals surface area contributed by atoms with Crippen molar-refractivity contribution >= 4 is 34.9 Å². The zero-order valence-corrected chi connectivity index (χ0v) is 13.7. The molecule has 8 heteroatoms. The maximum absolute atomic E-state index is 11.6. The molecule has 0 spiro atoms. The van der Waals surface area contributed by atoms with Crippen molar-refractivity contribution in [2.45, 2.75) is 19.8 Å². The summed E-state index contributed by atoms with van der Waals surface area (Å²) in [6.45, 7) is 4.39. The minimum absolute atomic E-state index is 0.351. The molecule has 3 heterocycles. The monoisotopic (exact) mass is 333 g/mol. The molecule has 23 heavy (non-hydrogen) atoms. The molecule has 1 aromatic heterocycles. The molecule has 0 aromatic carbocycles. The first-order valence-electron chi connectivity index (χ1n) is 7.60. The first kappa shape index (κ1) is 15.9. The van der Waals surface area contributed by atoms with Crippen molar-refractivity contribution in [1.82, 2.24) is 15.3 Å². The molecule has 122 valence electrons. The van der Waals surface area contributed by atoms with Gasteiger partial charge in [-0.1, -0.05) is 0 Å². The fourth-order valence-corrected chi connectivity index (χ4v) is 3.38. The van der Waals surface area contributed by atoms with Crippen LogP contribution in [0.4, 0.5) is 10.7 Å². The summed E-state index contributed by atoms with van der Waals surface area (Å²) < 4.78 is 0. The van der Waals surface area contributed by atoms with Crippen molar-refractivity contribution in [2.75, 3.05) is 24.5 Å². The van der Waals surface area contributed by atoms with Crippen molar-refractivity contribution < 1.29 is 9.59 Å². The molecule has 3 N–H and O–H groups in total. The molecule has 3 rings (SSSR count). The van der Waals surface area contributed by atoms with Gasteiger partial charge in [-0.2, -0.15) is 0 Å². The van der Waals surface area contributed by atoms with E-state index in [9.17, 15) is 9.59 Å². The number of rotatable bonds is 3. The SMILES string of the molecule is Cc1cc(C=C2SC(=O)NC2=O)nc(N2CCC(CN)CC2)n1. The molecule has 0 saturated carbocycles. The molecule has 0 radical (unpaired) electrons. The number of amides is 2. The van der Waals surface area contributed by atoms with E-state index < -0.39 is 0 Å². The highest BCUT2D eigenvalue weighted by Crippen LogP contribution is 2.26. The lowest BCUT2D eigenvalue weighted by molar-refractivity contribution is -0.115. The summed E-state index contributed by atoms with van der Waals surface area (Å²) >= 11 is 0.893. The summed E-state index contributed by atoms with van der Waals surface area (Å²) in [6, 6.07) is 1.81. The van der Waals surface area contributed by atoms with E-state index in [2.05, 4.69) is 20.2 Å². The molecular formula is C15H19N5O2S. The van der Waals surface area contributed by atoms with Crippen LogP contribution < -0.4 is 16.0 Å². The number of carbonyl (C=O) groups is 2. The molecule has 1 aromatic rings. The minimum atomic E-state index is -0.374. The van der Waals surface area contributed by atoms with E-state index in [1.807, 2.05) is 6.92 Å². The second-order valence-electron chi connectivity index (χ2n) is 5.75. The highest BCUT2D eigenvalue weighted by Gasteiger charge is 2.25. The van der Waals surface area contributed by atoms with Gasteiger partial charge in [0, 0.05) is 18.8 Å². The normalized spacial score (nSPS) is 21.1. The number of nitrogens with two attached hydrogens (primary N) is 1. The lowest BCUT2D eigenvalue weighted by Gasteiger charge is -2.31. The van der Waals surface area contributed by atoms with Gasteiger partial charge in [-0.25, -0.2) is 9.97 Å². The maximum atomic E-state index is 11.6. The zero-order valence-electron chi connectivity index (χ0n) is 12.9. The van der Waals surface area contributed by atoms with Crippen LogP contribution in [0.1, 0.15) is 24.2 Å². The van der Waals surface area contributed by atoms with Crippen molar-refractivity contribution in [1.29, 1.82) is 0 Å². The fraction of sp³-hybridized carbons (Fsp3) is 0.467. The van der Waals surface area contributed by atoms with E-state index in [1.165, 1.54) is 0 Å². The van der Waals surface area contributed by atoms with E-state index in [0.717, 1.165) is 49.9 Å². The van der Waals surface area contributed by atoms with Gasteiger partial charge in [0.25, 0.3) is 11.1 Å². The molecule has 2 fully saturated rings. The zero-order chi connectivity index (χ0) is 16.4. The van der Waals surface area contributed by atoms with Crippen LogP contribution in [0.25, 0.3) is 6.08 Å². The van der Waals surface area contributed by atoms with Gasteiger partial charge in [-0.15, -0.1) is 0 Å². The smallest absolute Gasteiger partial charge is 0.290 e. The Morgan fingerprint density at radius 2 is 2.13 bits per heavy atom. The van der Waals surface area contributed by atoms with E-state index in [4.69, 9.17) is 5.73 Å². The van der Waals surface area contributed by atoms with Crippen LogP contribution in [0, 0.1) is 12.8 Å². The quantitative estimate of drug-likeness (QED) is 0.804. The second kappa shape index (κ2) is 6.67. The summed E-state index contributed by atoms with van der Waals surface area (Å²) in [6.07, 6.45) is 3.71. The third-order valence-electron chi connectivity index (χ3n) is 4.01. The number of nitrogens with one attached hydrogen (secondary N) is 1. The van der Waals surface area contributed by atoms with Gasteiger partial charge in [0.15, 0.2) is 0 Å². The molecule has 2 amide bonds. The summed E-state index contributed by atoms with van der Waals surface area (Å²) in [5.74, 6) is 0.867. The number of nitrogens with zero attached hydrogens (tertiary/aromatic N) is 3. The van der Waals surface area contributed by atoms with Crippen molar-refractivity contribution in [3.8, 4) is 0 Å². The lowest BCUT2D eigenvalue weighted by atomic mass is 9.97. The highest BCUT2D eigenvalue weighted by atomic mass is 32.2. The number of hydrogen-bond donors (Lipinski definition) is 2. The molecule has 2 aliphatic heterocycles. The van der Waals surface area contributed by atoms with Gasteiger partial charge in [0.2, 0.25) is 5.95 Å². The Kier molecular flexibility index (Phi) is 4.63. The molecule has 0 bridgehead atoms. The first-order chi connectivity index (χ1) is 11.0. The van der Waals surface area contributed by atoms with E-state index in [-0.39, 0.29) is 11.1 Å². The maximum Gasteiger partial charge on any atom is 0.290 e. The lowest BCUT2D eigenvalue weighted by Crippen LogP contribution is -2.37. The van der Waals surface area contributed by atoms with E-state index in [0.29, 0.717) is 22.5 Å². The molecule has 0 unspecified atom stereocenters. The summed E-state index contributed by atoms with van der Waals surface area (Å²) in [5, 5.41) is 1.89. The Hall–Kier alpha value is -1.93. The third-order valence-corrected chi connectivity index (χ3v) is 4.82. The molecular weight excluding hydrogens is 314 g/mol. The third kappa shape index (κ3) is 3.70. The fourth-order valence-electron chi connectivity index (χ4n) is 2.72. The van der Waals surface area contributed by atoms with Crippen molar-refractivity contribution in [3.63, 3.8) is 0 Å². The molecule has 0 atom stereocenters. The van der Waals surface area contributed by atoms with Crippen molar-refractivity contribution in [3.05, 3.63) is 22.4 Å². The van der Waals surface area contributed by atoms with E-state index in [1.54, 1.807) is 12.1 Å². The Bertz CT molecular complexity index is 668. The molecule has 7 nitrogen and oxygen atoms in total. The summed E-state index contributed by atoms with van der Waals surface area (Å²) in [7, 11) is 0. The van der Waals surface area contributed by atoms with Gasteiger partial charge < -0.3 is 10.6 Å². The Balaban J connectivity index is 1.81. The van der Waals surface area contributed by atoms with Crippen LogP contribution in [-0.2, 0) is 4.79 Å². The summed E-state index contributed by atoms with van der Waals surface area (Å²) in [5.41, 5.74) is 7.20. The highest BCUT2D eigenvalue weighted by molar-refractivity contribution is 8.18. The van der Waals surface area contributed by atoms with Gasteiger partial charge in [0.1, 0.15) is 0 Å². The number of imide groups is 1. The van der Waals surface area contributed by atoms with Crippen LogP contribution in [0.2, 0.25) is 0 Å². The first-order valence-corrected chi connectivity index (χ1v) is 8.42. The van der Waals surface area contributed by atoms with Gasteiger partial charge in [-0.3, -0.25) is 14.9 Å². The number of anilines is 1. The standard InChI is InChI=1S/C15H19N5O2S/c1-9-6-11(7-12-13(21)19-15(22)23-12)18-14(17-9)20-4-2-10(8-16)3-5-20/h6-7,10H,2-5,8,16H2,1H3,(H,19,21,22). The predicted molar refractivity (Wildman–Crippen MR) is 89.9 cm³/mol. The topological polar surface area (TPSA) is 101 Å². The molecule has 2 saturated heterocycles. The largest absolute Gasteiger partial charge is 0.341 e. The van der Waals surface area contributed by atoms with Crippen LogP contribution in [0.15, 0.2) is 11.0 Å². The van der Waals surface area contributed by atoms with Crippen LogP contribution in [0.5, 0.6) is 0 Å². The number of thioether (sulfide) groups is 1. The minimum Gasteiger partial charge on any atom is -0.341 e. The van der Waals surface area contributed by atoms with E-state index >= 15 is 0 Å². The molecule has 2 aliphatic rings. The predicted octanol–water partition coefficient (Wildman–Crippen LogP) is 1.28. The Morgan fingerprint density at radius 1 is 1.39 bits per heavy atom. The van der Waals surface area contributed by atoms with Crippen LogP contribution in [0.3, 0.4) is 0 Å². The van der Waals surface area contributed by atoms with Crippen molar-refractivity contribution in [2.24, 2.45) is 11.7 Å². The Morgan fingerprint density at radius 3 is 2.74 bits per heavy atom. The number of hydrogen-bond acceptors (Lipinski definition) is 7. The average molecular weight is 333 g/mol. The van der Waals surface area contributed by atoms with Gasteiger partial charge in [-0.05, 0) is 56.1 Å². The number of aryl methyl sites for hydroxylation is 1. The van der Waals surface area contributed by atoms with Crippen LogP contribution >= 0.6 is 11.8 Å². The number of carbonyl (C=O) groups excluding carboxylic acids is 2. The summed E-state index contributed by atoms with van der Waals surface area (Å²) in [4.78, 5) is 34.4. The van der Waals surface area contributed by atoms with Gasteiger partial charge in [0.05, 0.1) is 10.6 Å². The van der Waals surface area contributed by atoms with Gasteiger partial charge >= 0.3 is 0 Å². The average Bonchev–Trinajstić information content (AvgIpc) is 2.84.